The number of amidine groups is 1. The Balaban J connectivity index is 2.12. The molecule has 1 N–H and O–H groups in total. The molecule has 0 aliphatic carbocycles. The number of rotatable bonds is 2. The highest BCUT2D eigenvalue weighted by molar-refractivity contribution is 8.00. The second-order valence-corrected chi connectivity index (χ2v) is 6.20. The molecule has 0 aromatic heterocycles. The second kappa shape index (κ2) is 5.14. The number of hydrogen-bond acceptors (Lipinski definition) is 3. The van der Waals surface area contributed by atoms with Crippen molar-refractivity contribution in [3.63, 3.8) is 0 Å². The first-order valence-corrected chi connectivity index (χ1v) is 6.89. The standard InChI is InChI=1S/C14H18N2OS/c1-10(15)16-13-9-12(14(2,3)17-13)18-11-7-5-4-6-8-11/h4-8,12,15H,9H2,1-3H3. The largest absolute Gasteiger partial charge is 0.473 e. The summed E-state index contributed by atoms with van der Waals surface area (Å²) in [6.07, 6.45) is 0.781. The van der Waals surface area contributed by atoms with E-state index < -0.39 is 0 Å². The third-order valence-electron chi connectivity index (χ3n) is 2.83. The van der Waals surface area contributed by atoms with Gasteiger partial charge in [-0.2, -0.15) is 0 Å². The van der Waals surface area contributed by atoms with Crippen LogP contribution in [0.15, 0.2) is 40.2 Å². The predicted molar refractivity (Wildman–Crippen MR) is 76.7 cm³/mol. The molecular formula is C14H18N2OS. The molecule has 1 atom stereocenters. The van der Waals surface area contributed by atoms with Gasteiger partial charge in [-0.25, -0.2) is 4.99 Å². The lowest BCUT2D eigenvalue weighted by molar-refractivity contribution is 0.129. The molecule has 1 heterocycles. The van der Waals surface area contributed by atoms with Crippen molar-refractivity contribution < 1.29 is 4.74 Å². The number of benzene rings is 1. The van der Waals surface area contributed by atoms with E-state index in [0.717, 1.165) is 6.42 Å². The van der Waals surface area contributed by atoms with Gasteiger partial charge in [-0.1, -0.05) is 18.2 Å². The monoisotopic (exact) mass is 262 g/mol. The molecule has 18 heavy (non-hydrogen) atoms. The molecule has 96 valence electrons. The lowest BCUT2D eigenvalue weighted by Gasteiger charge is -2.24. The average molecular weight is 262 g/mol. The van der Waals surface area contributed by atoms with Crippen molar-refractivity contribution in [1.82, 2.24) is 0 Å². The van der Waals surface area contributed by atoms with Crippen LogP contribution >= 0.6 is 11.8 Å². The Labute approximate surface area is 112 Å². The Hall–Kier alpha value is -1.29. The number of aliphatic imine (C=N–C) groups is 1. The van der Waals surface area contributed by atoms with Crippen molar-refractivity contribution in [2.45, 2.75) is 42.9 Å². The summed E-state index contributed by atoms with van der Waals surface area (Å²) in [5.41, 5.74) is -0.241. The smallest absolute Gasteiger partial charge is 0.191 e. The van der Waals surface area contributed by atoms with Crippen molar-refractivity contribution in [1.29, 1.82) is 5.41 Å². The molecule has 4 heteroatoms. The van der Waals surface area contributed by atoms with Crippen LogP contribution in [0, 0.1) is 5.41 Å². The zero-order chi connectivity index (χ0) is 13.2. The summed E-state index contributed by atoms with van der Waals surface area (Å²) in [5, 5.41) is 7.73. The fourth-order valence-corrected chi connectivity index (χ4v) is 3.12. The summed E-state index contributed by atoms with van der Waals surface area (Å²) in [4.78, 5) is 5.37. The molecule has 3 nitrogen and oxygen atoms in total. The minimum Gasteiger partial charge on any atom is -0.473 e. The van der Waals surface area contributed by atoms with Gasteiger partial charge in [0.1, 0.15) is 11.4 Å². The van der Waals surface area contributed by atoms with Crippen LogP contribution < -0.4 is 0 Å². The fraction of sp³-hybridized carbons (Fsp3) is 0.429. The molecule has 1 aromatic carbocycles. The second-order valence-electron chi connectivity index (χ2n) is 4.92. The van der Waals surface area contributed by atoms with Crippen molar-refractivity contribution in [2.24, 2.45) is 4.99 Å². The third kappa shape index (κ3) is 3.13. The molecular weight excluding hydrogens is 244 g/mol. The van der Waals surface area contributed by atoms with E-state index in [1.54, 1.807) is 6.92 Å². The molecule has 0 bridgehead atoms. The SMILES string of the molecule is CC(=N)N=C1CC(Sc2ccccc2)C(C)(C)O1. The molecule has 2 rings (SSSR count). The van der Waals surface area contributed by atoms with Crippen LogP contribution in [0.5, 0.6) is 0 Å². The van der Waals surface area contributed by atoms with E-state index in [1.807, 2.05) is 30.0 Å². The molecule has 0 amide bonds. The zero-order valence-electron chi connectivity index (χ0n) is 10.9. The summed E-state index contributed by atoms with van der Waals surface area (Å²) >= 11 is 1.81. The molecule has 1 fully saturated rings. The van der Waals surface area contributed by atoms with Gasteiger partial charge >= 0.3 is 0 Å². The predicted octanol–water partition coefficient (Wildman–Crippen LogP) is 3.74. The highest BCUT2D eigenvalue weighted by Crippen LogP contribution is 2.39. The maximum Gasteiger partial charge on any atom is 0.191 e. The Morgan fingerprint density at radius 1 is 1.39 bits per heavy atom. The van der Waals surface area contributed by atoms with E-state index in [-0.39, 0.29) is 5.60 Å². The van der Waals surface area contributed by atoms with Crippen LogP contribution in [0.2, 0.25) is 0 Å². The molecule has 0 radical (unpaired) electrons. The molecule has 1 aliphatic heterocycles. The van der Waals surface area contributed by atoms with Crippen LogP contribution in [0.1, 0.15) is 27.2 Å². The zero-order valence-corrected chi connectivity index (χ0v) is 11.8. The number of thioether (sulfide) groups is 1. The number of nitrogens with zero attached hydrogens (tertiary/aromatic N) is 1. The van der Waals surface area contributed by atoms with Crippen molar-refractivity contribution >= 4 is 23.5 Å². The van der Waals surface area contributed by atoms with Crippen LogP contribution in [-0.4, -0.2) is 22.6 Å². The van der Waals surface area contributed by atoms with Gasteiger partial charge in [-0.15, -0.1) is 11.8 Å². The van der Waals surface area contributed by atoms with Crippen LogP contribution in [0.25, 0.3) is 0 Å². The third-order valence-corrected chi connectivity index (χ3v) is 4.39. The van der Waals surface area contributed by atoms with Gasteiger partial charge in [0.05, 0.1) is 5.25 Å². The van der Waals surface area contributed by atoms with Crippen LogP contribution in [0.4, 0.5) is 0 Å². The molecule has 1 aromatic rings. The van der Waals surface area contributed by atoms with E-state index in [4.69, 9.17) is 10.1 Å². The summed E-state index contributed by atoms with van der Waals surface area (Å²) < 4.78 is 5.83. The Kier molecular flexibility index (Phi) is 3.76. The maximum absolute atomic E-state index is 7.40. The van der Waals surface area contributed by atoms with Crippen LogP contribution in [0.3, 0.4) is 0 Å². The lowest BCUT2D eigenvalue weighted by Crippen LogP contribution is -2.29. The molecule has 0 spiro atoms. The first-order chi connectivity index (χ1) is 8.47. The van der Waals surface area contributed by atoms with E-state index in [2.05, 4.69) is 31.0 Å². The summed E-state index contributed by atoms with van der Waals surface area (Å²) in [6, 6.07) is 10.3. The number of nitrogens with one attached hydrogen (secondary N) is 1. The van der Waals surface area contributed by atoms with Gasteiger partial charge in [-0.05, 0) is 32.9 Å². The van der Waals surface area contributed by atoms with E-state index in [1.165, 1.54) is 4.90 Å². The average Bonchev–Trinajstić information content (AvgIpc) is 2.53. The quantitative estimate of drug-likeness (QED) is 0.652. The molecule has 1 unspecified atom stereocenters. The topological polar surface area (TPSA) is 45.4 Å². The minimum atomic E-state index is -0.241. The molecule has 1 aliphatic rings. The van der Waals surface area contributed by atoms with Gasteiger partial charge in [0.2, 0.25) is 0 Å². The number of ether oxygens (including phenoxy) is 1. The van der Waals surface area contributed by atoms with Crippen molar-refractivity contribution in [3.8, 4) is 0 Å². The normalized spacial score (nSPS) is 23.9. The van der Waals surface area contributed by atoms with Crippen LogP contribution in [-0.2, 0) is 4.74 Å². The van der Waals surface area contributed by atoms with E-state index in [9.17, 15) is 0 Å². The van der Waals surface area contributed by atoms with Gasteiger partial charge in [-0.3, -0.25) is 5.41 Å². The van der Waals surface area contributed by atoms with Crippen molar-refractivity contribution in [3.05, 3.63) is 30.3 Å². The first kappa shape index (κ1) is 13.1. The highest BCUT2D eigenvalue weighted by atomic mass is 32.2. The van der Waals surface area contributed by atoms with E-state index >= 15 is 0 Å². The van der Waals surface area contributed by atoms with E-state index in [0.29, 0.717) is 17.0 Å². The van der Waals surface area contributed by atoms with Gasteiger partial charge in [0.25, 0.3) is 0 Å². The first-order valence-electron chi connectivity index (χ1n) is 6.01. The van der Waals surface area contributed by atoms with Gasteiger partial charge in [0.15, 0.2) is 5.90 Å². The van der Waals surface area contributed by atoms with Gasteiger partial charge in [0, 0.05) is 11.3 Å². The summed E-state index contributed by atoms with van der Waals surface area (Å²) in [6.45, 7) is 5.83. The molecule has 0 saturated carbocycles. The molecule has 1 saturated heterocycles. The van der Waals surface area contributed by atoms with Gasteiger partial charge < -0.3 is 4.74 Å². The Morgan fingerprint density at radius 3 is 2.67 bits per heavy atom. The summed E-state index contributed by atoms with van der Waals surface area (Å²) in [7, 11) is 0. The Morgan fingerprint density at radius 2 is 2.06 bits per heavy atom. The minimum absolute atomic E-state index is 0.241. The van der Waals surface area contributed by atoms with Crippen molar-refractivity contribution in [2.75, 3.05) is 0 Å². The number of hydrogen-bond donors (Lipinski definition) is 1. The maximum atomic E-state index is 7.40. The Bertz CT molecular complexity index is 468. The fourth-order valence-electron chi connectivity index (χ4n) is 1.92. The lowest BCUT2D eigenvalue weighted by atomic mass is 10.1. The summed E-state index contributed by atoms with van der Waals surface area (Å²) in [5.74, 6) is 0.979. The highest BCUT2D eigenvalue weighted by Gasteiger charge is 2.41.